The van der Waals surface area contributed by atoms with Crippen molar-refractivity contribution in [3.05, 3.63) is 29.2 Å². The van der Waals surface area contributed by atoms with Crippen LogP contribution in [0.5, 0.6) is 0 Å². The predicted octanol–water partition coefficient (Wildman–Crippen LogP) is 6.34. The monoisotopic (exact) mass is 574 g/mol. The molecule has 7 nitrogen and oxygen atoms in total. The lowest BCUT2D eigenvalue weighted by Gasteiger charge is -2.36. The Kier molecular flexibility index (Phi) is 10.8. The summed E-state index contributed by atoms with van der Waals surface area (Å²) in [6.07, 6.45) is 17.8. The van der Waals surface area contributed by atoms with Gasteiger partial charge in [-0.3, -0.25) is 0 Å². The lowest BCUT2D eigenvalue weighted by Crippen LogP contribution is -2.43. The number of allylic oxidation sites excluding steroid dienone is 2. The molecular formula is C35H54N6O. The summed E-state index contributed by atoms with van der Waals surface area (Å²) in [5, 5.41) is 3.82. The fourth-order valence-electron chi connectivity index (χ4n) is 7.41. The van der Waals surface area contributed by atoms with Gasteiger partial charge < -0.3 is 24.8 Å². The Morgan fingerprint density at radius 1 is 1.10 bits per heavy atom. The molecular weight excluding hydrogens is 520 g/mol. The summed E-state index contributed by atoms with van der Waals surface area (Å²) in [6.45, 7) is 14.5. The summed E-state index contributed by atoms with van der Waals surface area (Å²) in [4.78, 5) is 17.8. The van der Waals surface area contributed by atoms with Crippen LogP contribution in [0, 0.1) is 17.3 Å². The fraction of sp³-hybridized carbons (Fsp3) is 0.714. The lowest BCUT2D eigenvalue weighted by molar-refractivity contribution is 0.163. The van der Waals surface area contributed by atoms with E-state index in [1.807, 2.05) is 13.0 Å². The van der Waals surface area contributed by atoms with E-state index in [4.69, 9.17) is 14.7 Å². The van der Waals surface area contributed by atoms with Crippen molar-refractivity contribution >= 4 is 17.8 Å². The van der Waals surface area contributed by atoms with Gasteiger partial charge >= 0.3 is 0 Å². The number of nitrogens with one attached hydrogen (secondary N) is 1. The summed E-state index contributed by atoms with van der Waals surface area (Å²) in [6, 6.07) is 3.20. The number of anilines is 2. The molecule has 3 saturated heterocycles. The molecule has 1 aliphatic carbocycles. The zero-order valence-electron chi connectivity index (χ0n) is 26.8. The van der Waals surface area contributed by atoms with Gasteiger partial charge in [0.1, 0.15) is 11.6 Å². The van der Waals surface area contributed by atoms with Gasteiger partial charge in [-0.1, -0.05) is 31.6 Å². The first-order valence-electron chi connectivity index (χ1n) is 16.8. The van der Waals surface area contributed by atoms with Crippen LogP contribution in [0.15, 0.2) is 23.5 Å². The zero-order chi connectivity index (χ0) is 29.4. The molecule has 0 radical (unpaired) electrons. The van der Waals surface area contributed by atoms with Gasteiger partial charge in [-0.2, -0.15) is 4.98 Å². The highest BCUT2D eigenvalue weighted by Crippen LogP contribution is 2.46. The second-order valence-corrected chi connectivity index (χ2v) is 13.1. The van der Waals surface area contributed by atoms with Gasteiger partial charge in [0.2, 0.25) is 5.95 Å². The summed E-state index contributed by atoms with van der Waals surface area (Å²) in [5.74, 6) is 9.44. The number of likely N-dealkylation sites (tertiary alicyclic amines) is 2. The molecule has 0 aromatic carbocycles. The number of hydrogen-bond donors (Lipinski definition) is 1. The van der Waals surface area contributed by atoms with Crippen molar-refractivity contribution in [1.29, 1.82) is 0 Å². The van der Waals surface area contributed by atoms with E-state index in [0.29, 0.717) is 17.5 Å². The number of piperidine rings is 1. The minimum Gasteiger partial charge on any atom is -0.496 e. The Bertz CT molecular complexity index is 1150. The van der Waals surface area contributed by atoms with Crippen molar-refractivity contribution in [1.82, 2.24) is 19.8 Å². The average Bonchev–Trinajstić information content (AvgIpc) is 3.79. The highest BCUT2D eigenvalue weighted by atomic mass is 16.5. The van der Waals surface area contributed by atoms with Gasteiger partial charge in [0.05, 0.1) is 18.4 Å². The largest absolute Gasteiger partial charge is 0.496 e. The number of aromatic nitrogens is 2. The normalized spacial score (nSPS) is 22.9. The molecule has 1 aromatic heterocycles. The molecule has 1 aromatic rings. The number of ether oxygens (including phenoxy) is 1. The van der Waals surface area contributed by atoms with Crippen LogP contribution in [-0.2, 0) is 4.74 Å². The van der Waals surface area contributed by atoms with Crippen molar-refractivity contribution in [3.8, 4) is 11.8 Å². The van der Waals surface area contributed by atoms with Crippen LogP contribution in [0.2, 0.25) is 0 Å². The first kappa shape index (κ1) is 30.9. The topological polar surface area (TPSA) is 56.8 Å². The quantitative estimate of drug-likeness (QED) is 0.199. The Hall–Kier alpha value is -2.56. The molecule has 230 valence electrons. The second kappa shape index (κ2) is 14.8. The standard InChI is InChI=1S/C35H54N6O/c1-5-28(3)40-22-14-30(15-23-40)36-33-26-31(37-34(38-33)41-24-18-35(27-41)16-8-9-17-35)25-29(32(6-2)42-4)13-7-10-19-39-20-11-12-21-39/h6,25-26,28,30H,5,8-12,14-24,27H2,1-4H3,(H,36,37,38)/b29-25-,32-6+. The predicted molar refractivity (Wildman–Crippen MR) is 175 cm³/mol. The maximum atomic E-state index is 5.75. The molecule has 1 spiro atoms. The zero-order valence-corrected chi connectivity index (χ0v) is 26.8. The highest BCUT2D eigenvalue weighted by Gasteiger charge is 2.41. The number of nitrogens with zero attached hydrogens (tertiary/aromatic N) is 5. The van der Waals surface area contributed by atoms with Crippen LogP contribution in [0.25, 0.3) is 6.08 Å². The summed E-state index contributed by atoms with van der Waals surface area (Å²) < 4.78 is 5.75. The van der Waals surface area contributed by atoms with Gasteiger partial charge in [-0.05, 0) is 95.9 Å². The number of methoxy groups -OCH3 is 1. The molecule has 1 atom stereocenters. The van der Waals surface area contributed by atoms with Gasteiger partial charge in [-0.25, -0.2) is 4.98 Å². The van der Waals surface area contributed by atoms with Crippen LogP contribution in [0.4, 0.5) is 11.8 Å². The Balaban J connectivity index is 1.38. The van der Waals surface area contributed by atoms with E-state index in [1.165, 1.54) is 64.5 Å². The third kappa shape index (κ3) is 7.88. The van der Waals surface area contributed by atoms with Gasteiger partial charge in [0.15, 0.2) is 0 Å². The van der Waals surface area contributed by atoms with E-state index >= 15 is 0 Å². The summed E-state index contributed by atoms with van der Waals surface area (Å²) >= 11 is 0. The first-order valence-corrected chi connectivity index (χ1v) is 16.8. The minimum atomic E-state index is 0.430. The molecule has 0 bridgehead atoms. The average molecular weight is 575 g/mol. The van der Waals surface area contributed by atoms with Crippen molar-refractivity contribution in [2.75, 3.05) is 63.1 Å². The van der Waals surface area contributed by atoms with Gasteiger partial charge in [0, 0.05) is 57.3 Å². The Morgan fingerprint density at radius 2 is 1.86 bits per heavy atom. The third-order valence-electron chi connectivity index (χ3n) is 10.2. The molecule has 4 heterocycles. The van der Waals surface area contributed by atoms with E-state index in [0.717, 1.165) is 80.8 Å². The van der Waals surface area contributed by atoms with Gasteiger partial charge in [0.25, 0.3) is 0 Å². The molecule has 4 fully saturated rings. The maximum Gasteiger partial charge on any atom is 0.227 e. The molecule has 1 unspecified atom stereocenters. The minimum absolute atomic E-state index is 0.430. The van der Waals surface area contributed by atoms with Crippen molar-refractivity contribution < 1.29 is 4.74 Å². The third-order valence-corrected chi connectivity index (χ3v) is 10.2. The molecule has 42 heavy (non-hydrogen) atoms. The number of rotatable bonds is 10. The van der Waals surface area contributed by atoms with E-state index in [-0.39, 0.29) is 0 Å². The highest BCUT2D eigenvalue weighted by molar-refractivity contribution is 5.65. The summed E-state index contributed by atoms with van der Waals surface area (Å²) in [7, 11) is 1.73. The Labute approximate surface area is 255 Å². The SMILES string of the molecule is C/C=C(OC)\C(C#CCCN1CCCC1)=C/c1cc(NC2CCN(C(C)CC)CC2)nc(N2CCC3(CCCC3)C2)n1. The fourth-order valence-corrected chi connectivity index (χ4v) is 7.41. The molecule has 3 aliphatic heterocycles. The summed E-state index contributed by atoms with van der Waals surface area (Å²) in [5.41, 5.74) is 2.24. The molecule has 0 amide bonds. The van der Waals surface area contributed by atoms with E-state index < -0.39 is 0 Å². The van der Waals surface area contributed by atoms with E-state index in [9.17, 15) is 0 Å². The van der Waals surface area contributed by atoms with Crippen molar-refractivity contribution in [3.63, 3.8) is 0 Å². The maximum absolute atomic E-state index is 5.75. The first-order chi connectivity index (χ1) is 20.5. The molecule has 1 N–H and O–H groups in total. The molecule has 5 rings (SSSR count). The van der Waals surface area contributed by atoms with E-state index in [1.54, 1.807) is 7.11 Å². The van der Waals surface area contributed by atoms with Crippen LogP contribution in [-0.4, -0.2) is 84.8 Å². The molecule has 4 aliphatic rings. The van der Waals surface area contributed by atoms with Crippen molar-refractivity contribution in [2.24, 2.45) is 5.41 Å². The van der Waals surface area contributed by atoms with Crippen LogP contribution < -0.4 is 10.2 Å². The molecule has 1 saturated carbocycles. The van der Waals surface area contributed by atoms with E-state index in [2.05, 4.69) is 57.8 Å². The smallest absolute Gasteiger partial charge is 0.227 e. The lowest BCUT2D eigenvalue weighted by atomic mass is 9.86. The van der Waals surface area contributed by atoms with Crippen LogP contribution in [0.1, 0.15) is 97.1 Å². The van der Waals surface area contributed by atoms with Gasteiger partial charge in [-0.15, -0.1) is 0 Å². The molecule has 7 heteroatoms. The van der Waals surface area contributed by atoms with Crippen LogP contribution >= 0.6 is 0 Å². The van der Waals surface area contributed by atoms with Crippen LogP contribution in [0.3, 0.4) is 0 Å². The second-order valence-electron chi connectivity index (χ2n) is 13.1. The van der Waals surface area contributed by atoms with Crippen molar-refractivity contribution in [2.45, 2.75) is 103 Å². The Morgan fingerprint density at radius 3 is 2.55 bits per heavy atom. The number of hydrogen-bond acceptors (Lipinski definition) is 7.